The number of aromatic nitrogens is 4. The summed E-state index contributed by atoms with van der Waals surface area (Å²) in [6.07, 6.45) is 5.86. The molecule has 2 aromatic heterocycles. The molecule has 2 rings (SSSR count). The molecule has 2 heterocycles. The normalized spacial score (nSPS) is 13.0. The van der Waals surface area contributed by atoms with Crippen molar-refractivity contribution in [2.45, 2.75) is 58.5 Å². The van der Waals surface area contributed by atoms with Crippen molar-refractivity contribution in [2.75, 3.05) is 0 Å². The van der Waals surface area contributed by atoms with Crippen molar-refractivity contribution >= 4 is 11.5 Å². The van der Waals surface area contributed by atoms with Crippen molar-refractivity contribution in [3.8, 4) is 0 Å². The Labute approximate surface area is 129 Å². The summed E-state index contributed by atoms with van der Waals surface area (Å²) in [5.41, 5.74) is 4.93. The first-order valence-corrected chi connectivity index (χ1v) is 8.31. The molecule has 0 saturated carbocycles. The second kappa shape index (κ2) is 7.63. The summed E-state index contributed by atoms with van der Waals surface area (Å²) in [5, 5.41) is 8.84. The molecule has 0 radical (unpaired) electrons. The second-order valence-electron chi connectivity index (χ2n) is 5.12. The van der Waals surface area contributed by atoms with E-state index in [0.717, 1.165) is 41.9 Å². The molecule has 116 valence electrons. The van der Waals surface area contributed by atoms with Crippen LogP contribution in [0.5, 0.6) is 0 Å². The van der Waals surface area contributed by atoms with Crippen LogP contribution in [0.2, 0.25) is 0 Å². The zero-order chi connectivity index (χ0) is 15.2. The Kier molecular flexibility index (Phi) is 5.84. The van der Waals surface area contributed by atoms with Crippen molar-refractivity contribution in [1.29, 1.82) is 0 Å². The van der Waals surface area contributed by atoms with Crippen LogP contribution in [0, 0.1) is 0 Å². The van der Waals surface area contributed by atoms with Crippen molar-refractivity contribution in [1.82, 2.24) is 24.8 Å². The largest absolute Gasteiger partial charge is 0.271 e. The van der Waals surface area contributed by atoms with Crippen LogP contribution in [-0.4, -0.2) is 19.4 Å². The Morgan fingerprint density at radius 3 is 2.71 bits per heavy atom. The van der Waals surface area contributed by atoms with Crippen LogP contribution in [0.25, 0.3) is 0 Å². The SMILES string of the molecule is CCc1nnsc1C(Cc1ccn(C(CC)CC)n1)NN. The van der Waals surface area contributed by atoms with E-state index in [-0.39, 0.29) is 6.04 Å². The highest BCUT2D eigenvalue weighted by Gasteiger charge is 2.19. The Balaban J connectivity index is 2.12. The van der Waals surface area contributed by atoms with Crippen LogP contribution in [-0.2, 0) is 12.8 Å². The molecular formula is C14H24N6S. The molecule has 1 unspecified atom stereocenters. The predicted octanol–water partition coefficient (Wildman–Crippen LogP) is 2.41. The number of nitrogens with one attached hydrogen (secondary N) is 1. The van der Waals surface area contributed by atoms with Crippen molar-refractivity contribution in [2.24, 2.45) is 5.84 Å². The third-order valence-electron chi connectivity index (χ3n) is 3.83. The van der Waals surface area contributed by atoms with Gasteiger partial charge in [0.25, 0.3) is 0 Å². The van der Waals surface area contributed by atoms with E-state index in [1.165, 1.54) is 11.5 Å². The summed E-state index contributed by atoms with van der Waals surface area (Å²) in [5.74, 6) is 5.72. The van der Waals surface area contributed by atoms with Gasteiger partial charge in [0.15, 0.2) is 0 Å². The zero-order valence-corrected chi connectivity index (χ0v) is 13.7. The van der Waals surface area contributed by atoms with Gasteiger partial charge >= 0.3 is 0 Å². The number of hydrazine groups is 1. The van der Waals surface area contributed by atoms with Gasteiger partial charge in [0.05, 0.1) is 28.3 Å². The summed E-state index contributed by atoms with van der Waals surface area (Å²) < 4.78 is 6.10. The molecule has 0 aliphatic rings. The molecule has 0 aliphatic heterocycles. The van der Waals surface area contributed by atoms with E-state index in [4.69, 9.17) is 10.9 Å². The first kappa shape index (κ1) is 16.1. The Morgan fingerprint density at radius 1 is 1.33 bits per heavy atom. The summed E-state index contributed by atoms with van der Waals surface area (Å²) in [6.45, 7) is 6.46. The number of hydrogen-bond donors (Lipinski definition) is 2. The molecule has 0 fully saturated rings. The van der Waals surface area contributed by atoms with E-state index in [1.807, 2.05) is 0 Å². The van der Waals surface area contributed by atoms with Gasteiger partial charge in [-0.05, 0) is 36.9 Å². The molecule has 0 bridgehead atoms. The molecule has 7 heteroatoms. The highest BCUT2D eigenvalue weighted by molar-refractivity contribution is 7.05. The first-order valence-electron chi connectivity index (χ1n) is 7.54. The monoisotopic (exact) mass is 308 g/mol. The van der Waals surface area contributed by atoms with Crippen molar-refractivity contribution in [3.63, 3.8) is 0 Å². The van der Waals surface area contributed by atoms with E-state index in [9.17, 15) is 0 Å². The predicted molar refractivity (Wildman–Crippen MR) is 84.9 cm³/mol. The maximum Gasteiger partial charge on any atom is 0.0801 e. The summed E-state index contributed by atoms with van der Waals surface area (Å²) >= 11 is 1.41. The molecule has 2 aromatic rings. The highest BCUT2D eigenvalue weighted by Crippen LogP contribution is 2.24. The van der Waals surface area contributed by atoms with Crippen molar-refractivity contribution < 1.29 is 0 Å². The summed E-state index contributed by atoms with van der Waals surface area (Å²) in [6, 6.07) is 2.56. The van der Waals surface area contributed by atoms with Gasteiger partial charge in [-0.1, -0.05) is 25.3 Å². The molecule has 6 nitrogen and oxygen atoms in total. The van der Waals surface area contributed by atoms with E-state index in [1.54, 1.807) is 0 Å². The minimum atomic E-state index is 0.0185. The average molecular weight is 308 g/mol. The lowest BCUT2D eigenvalue weighted by molar-refractivity contribution is 0.422. The Morgan fingerprint density at radius 2 is 2.10 bits per heavy atom. The number of aryl methyl sites for hydroxylation is 1. The minimum absolute atomic E-state index is 0.0185. The number of nitrogens with two attached hydrogens (primary N) is 1. The number of nitrogens with zero attached hydrogens (tertiary/aromatic N) is 4. The molecular weight excluding hydrogens is 284 g/mol. The van der Waals surface area contributed by atoms with Gasteiger partial charge in [0.1, 0.15) is 0 Å². The fourth-order valence-electron chi connectivity index (χ4n) is 2.51. The molecule has 0 amide bonds. The molecule has 0 saturated heterocycles. The van der Waals surface area contributed by atoms with Crippen LogP contribution in [0.1, 0.15) is 62.0 Å². The molecule has 0 aliphatic carbocycles. The van der Waals surface area contributed by atoms with Gasteiger partial charge in [-0.2, -0.15) is 5.10 Å². The fourth-order valence-corrected chi connectivity index (χ4v) is 3.31. The maximum absolute atomic E-state index is 5.72. The van der Waals surface area contributed by atoms with Gasteiger partial charge < -0.3 is 0 Å². The topological polar surface area (TPSA) is 81.7 Å². The van der Waals surface area contributed by atoms with Crippen LogP contribution in [0.4, 0.5) is 0 Å². The number of rotatable bonds is 8. The first-order chi connectivity index (χ1) is 10.2. The van der Waals surface area contributed by atoms with Gasteiger partial charge in [-0.15, -0.1) is 5.10 Å². The number of hydrogen-bond acceptors (Lipinski definition) is 6. The van der Waals surface area contributed by atoms with Gasteiger partial charge in [0.2, 0.25) is 0 Å². The summed E-state index contributed by atoms with van der Waals surface area (Å²) in [7, 11) is 0. The molecule has 1 atom stereocenters. The maximum atomic E-state index is 5.72. The second-order valence-corrected chi connectivity index (χ2v) is 5.90. The minimum Gasteiger partial charge on any atom is -0.271 e. The molecule has 0 spiro atoms. The van der Waals surface area contributed by atoms with E-state index in [2.05, 4.69) is 52.7 Å². The Bertz CT molecular complexity index is 545. The van der Waals surface area contributed by atoms with E-state index in [0.29, 0.717) is 6.04 Å². The van der Waals surface area contributed by atoms with E-state index >= 15 is 0 Å². The molecule has 21 heavy (non-hydrogen) atoms. The highest BCUT2D eigenvalue weighted by atomic mass is 32.1. The molecule has 3 N–H and O–H groups in total. The lowest BCUT2D eigenvalue weighted by atomic mass is 10.1. The van der Waals surface area contributed by atoms with Gasteiger partial charge in [0, 0.05) is 12.6 Å². The standard InChI is InChI=1S/C14H24N6S/c1-4-11(5-2)20-8-7-10(18-20)9-13(16-15)14-12(6-3)17-19-21-14/h7-8,11,13,16H,4-6,9,15H2,1-3H3. The zero-order valence-electron chi connectivity index (χ0n) is 12.9. The van der Waals surface area contributed by atoms with Crippen LogP contribution >= 0.6 is 11.5 Å². The molecule has 0 aromatic carbocycles. The lowest BCUT2D eigenvalue weighted by Crippen LogP contribution is -2.29. The van der Waals surface area contributed by atoms with Gasteiger partial charge in [-0.3, -0.25) is 16.0 Å². The van der Waals surface area contributed by atoms with Crippen LogP contribution in [0.3, 0.4) is 0 Å². The fraction of sp³-hybridized carbons (Fsp3) is 0.643. The van der Waals surface area contributed by atoms with Gasteiger partial charge in [-0.25, -0.2) is 0 Å². The lowest BCUT2D eigenvalue weighted by Gasteiger charge is -2.14. The Hall–Kier alpha value is -1.31. The quantitative estimate of drug-likeness (QED) is 0.578. The third kappa shape index (κ3) is 3.66. The summed E-state index contributed by atoms with van der Waals surface area (Å²) in [4.78, 5) is 1.11. The smallest absolute Gasteiger partial charge is 0.0801 e. The van der Waals surface area contributed by atoms with Crippen LogP contribution in [0.15, 0.2) is 12.3 Å². The van der Waals surface area contributed by atoms with Crippen LogP contribution < -0.4 is 11.3 Å². The van der Waals surface area contributed by atoms with E-state index < -0.39 is 0 Å². The third-order valence-corrected chi connectivity index (χ3v) is 4.71. The van der Waals surface area contributed by atoms with Crippen molar-refractivity contribution in [3.05, 3.63) is 28.5 Å². The average Bonchev–Trinajstić information content (AvgIpc) is 3.15.